The molecule has 1 aromatic rings. The fourth-order valence-corrected chi connectivity index (χ4v) is 1.78. The second-order valence-electron chi connectivity index (χ2n) is 3.69. The first-order valence-corrected chi connectivity index (χ1v) is 5.32. The molecule has 2 rings (SSSR count). The van der Waals surface area contributed by atoms with Gasteiger partial charge in [0, 0.05) is 19.1 Å². The van der Waals surface area contributed by atoms with Crippen LogP contribution >= 0.6 is 0 Å². The summed E-state index contributed by atoms with van der Waals surface area (Å²) in [6.07, 6.45) is 2.84. The van der Waals surface area contributed by atoms with Crippen molar-refractivity contribution in [3.05, 3.63) is 35.6 Å². The molecule has 1 atom stereocenters. The first-order chi connectivity index (χ1) is 7.72. The van der Waals surface area contributed by atoms with Crippen LogP contribution in [-0.2, 0) is 4.79 Å². The number of carbonyl (C=O) groups excluding carboxylic acids is 1. The van der Waals surface area contributed by atoms with Crippen LogP contribution in [0, 0.1) is 5.82 Å². The van der Waals surface area contributed by atoms with Crippen molar-refractivity contribution >= 4 is 12.1 Å². The highest BCUT2D eigenvalue weighted by molar-refractivity contribution is 5.79. The Kier molecular flexibility index (Phi) is 2.99. The number of carbonyl (C=O) groups is 1. The predicted molar refractivity (Wildman–Crippen MR) is 59.4 cm³/mol. The maximum Gasteiger partial charge on any atom is 0.242 e. The van der Waals surface area contributed by atoms with Crippen LogP contribution in [0.15, 0.2) is 29.4 Å². The number of nitrogens with zero attached hydrogens (tertiary/aromatic N) is 2. The minimum Gasteiger partial charge on any atom is -0.273 e. The van der Waals surface area contributed by atoms with Gasteiger partial charge in [-0.3, -0.25) is 4.79 Å². The Morgan fingerprint density at radius 3 is 2.81 bits per heavy atom. The normalized spacial score (nSPS) is 19.1. The topological polar surface area (TPSA) is 32.7 Å². The van der Waals surface area contributed by atoms with Crippen LogP contribution in [0.1, 0.15) is 31.4 Å². The van der Waals surface area contributed by atoms with Gasteiger partial charge < -0.3 is 0 Å². The Morgan fingerprint density at radius 2 is 2.19 bits per heavy atom. The maximum absolute atomic E-state index is 12.8. The van der Waals surface area contributed by atoms with Gasteiger partial charge in [-0.15, -0.1) is 0 Å². The zero-order valence-electron chi connectivity index (χ0n) is 9.06. The number of benzene rings is 1. The summed E-state index contributed by atoms with van der Waals surface area (Å²) in [5.41, 5.74) is 0.917. The fourth-order valence-electron chi connectivity index (χ4n) is 1.78. The summed E-state index contributed by atoms with van der Waals surface area (Å²) in [5, 5.41) is 5.53. The highest BCUT2D eigenvalue weighted by Crippen LogP contribution is 2.28. The van der Waals surface area contributed by atoms with E-state index < -0.39 is 0 Å². The molecule has 0 radical (unpaired) electrons. The van der Waals surface area contributed by atoms with Gasteiger partial charge in [0.15, 0.2) is 0 Å². The van der Waals surface area contributed by atoms with Crippen molar-refractivity contribution in [3.63, 3.8) is 0 Å². The molecule has 0 aliphatic carbocycles. The van der Waals surface area contributed by atoms with Crippen LogP contribution in [0.25, 0.3) is 0 Å². The molecule has 0 saturated heterocycles. The number of hydrazone groups is 1. The van der Waals surface area contributed by atoms with Crippen molar-refractivity contribution in [2.45, 2.75) is 25.8 Å². The van der Waals surface area contributed by atoms with E-state index in [0.29, 0.717) is 12.8 Å². The Balaban J connectivity index is 2.21. The number of hydrogen-bond acceptors (Lipinski definition) is 2. The fraction of sp³-hybridized carbons (Fsp3) is 0.333. The van der Waals surface area contributed by atoms with Crippen LogP contribution < -0.4 is 0 Å². The second kappa shape index (κ2) is 4.43. The molecule has 0 N–H and O–H groups in total. The molecule has 0 spiro atoms. The number of amides is 1. The Hall–Kier alpha value is -1.71. The molecule has 1 heterocycles. The van der Waals surface area contributed by atoms with Crippen LogP contribution in [-0.4, -0.2) is 17.1 Å². The van der Waals surface area contributed by atoms with E-state index in [2.05, 4.69) is 5.10 Å². The largest absolute Gasteiger partial charge is 0.273 e. The summed E-state index contributed by atoms with van der Waals surface area (Å²) < 4.78 is 12.8. The van der Waals surface area contributed by atoms with Crippen molar-refractivity contribution < 1.29 is 9.18 Å². The molecule has 84 valence electrons. The summed E-state index contributed by atoms with van der Waals surface area (Å²) in [7, 11) is 0. The molecule has 16 heavy (non-hydrogen) atoms. The third kappa shape index (κ3) is 1.96. The SMILES string of the molecule is CCC(=O)N1N=CCC1c1ccc(F)cc1. The Morgan fingerprint density at radius 1 is 1.50 bits per heavy atom. The minimum atomic E-state index is -0.268. The molecule has 3 nitrogen and oxygen atoms in total. The second-order valence-corrected chi connectivity index (χ2v) is 3.69. The summed E-state index contributed by atoms with van der Waals surface area (Å²) >= 11 is 0. The molecule has 1 aliphatic rings. The zero-order chi connectivity index (χ0) is 11.5. The van der Waals surface area contributed by atoms with Crippen LogP contribution in [0.2, 0.25) is 0 Å². The van der Waals surface area contributed by atoms with Crippen molar-refractivity contribution in [2.75, 3.05) is 0 Å². The molecule has 4 heteroatoms. The third-order valence-electron chi connectivity index (χ3n) is 2.64. The van der Waals surface area contributed by atoms with E-state index >= 15 is 0 Å². The third-order valence-corrected chi connectivity index (χ3v) is 2.64. The maximum atomic E-state index is 12.8. The van der Waals surface area contributed by atoms with Crippen molar-refractivity contribution in [1.82, 2.24) is 5.01 Å². The number of hydrogen-bond donors (Lipinski definition) is 0. The minimum absolute atomic E-state index is 0.0110. The Labute approximate surface area is 93.6 Å². The van der Waals surface area contributed by atoms with Gasteiger partial charge in [-0.1, -0.05) is 19.1 Å². The lowest BCUT2D eigenvalue weighted by Crippen LogP contribution is -2.26. The van der Waals surface area contributed by atoms with Crippen LogP contribution in [0.3, 0.4) is 0 Å². The molecular formula is C12H13FN2O. The van der Waals surface area contributed by atoms with Crippen LogP contribution in [0.4, 0.5) is 4.39 Å². The molecular weight excluding hydrogens is 207 g/mol. The lowest BCUT2D eigenvalue weighted by molar-refractivity contribution is -0.132. The van der Waals surface area contributed by atoms with E-state index in [9.17, 15) is 9.18 Å². The first-order valence-electron chi connectivity index (χ1n) is 5.32. The van der Waals surface area contributed by atoms with E-state index in [0.717, 1.165) is 5.56 Å². The molecule has 1 aromatic carbocycles. The molecule has 0 bridgehead atoms. The van der Waals surface area contributed by atoms with Gasteiger partial charge in [-0.05, 0) is 17.7 Å². The summed E-state index contributed by atoms with van der Waals surface area (Å²) in [5.74, 6) is -0.279. The number of halogens is 1. The molecule has 0 fully saturated rings. The monoisotopic (exact) mass is 220 g/mol. The molecule has 0 saturated carbocycles. The van der Waals surface area contributed by atoms with Gasteiger partial charge in [0.2, 0.25) is 5.91 Å². The lowest BCUT2D eigenvalue weighted by atomic mass is 10.0. The van der Waals surface area contributed by atoms with Gasteiger partial charge >= 0.3 is 0 Å². The van der Waals surface area contributed by atoms with E-state index in [1.165, 1.54) is 17.1 Å². The smallest absolute Gasteiger partial charge is 0.242 e. The number of rotatable bonds is 2. The Bertz CT molecular complexity index is 414. The summed E-state index contributed by atoms with van der Waals surface area (Å²) in [6, 6.07) is 6.13. The van der Waals surface area contributed by atoms with Crippen molar-refractivity contribution in [3.8, 4) is 0 Å². The predicted octanol–water partition coefficient (Wildman–Crippen LogP) is 2.49. The van der Waals surface area contributed by atoms with E-state index in [-0.39, 0.29) is 17.8 Å². The van der Waals surface area contributed by atoms with Gasteiger partial charge in [0.05, 0.1) is 6.04 Å². The van der Waals surface area contributed by atoms with Crippen molar-refractivity contribution in [1.29, 1.82) is 0 Å². The lowest BCUT2D eigenvalue weighted by Gasteiger charge is -2.21. The van der Waals surface area contributed by atoms with Gasteiger partial charge in [-0.25, -0.2) is 9.40 Å². The summed E-state index contributed by atoms with van der Waals surface area (Å²) in [4.78, 5) is 11.6. The average Bonchev–Trinajstić information content (AvgIpc) is 2.78. The highest BCUT2D eigenvalue weighted by atomic mass is 19.1. The van der Waals surface area contributed by atoms with Gasteiger partial charge in [0.1, 0.15) is 5.82 Å². The van der Waals surface area contributed by atoms with Gasteiger partial charge in [0.25, 0.3) is 0 Å². The van der Waals surface area contributed by atoms with Crippen LogP contribution in [0.5, 0.6) is 0 Å². The molecule has 0 aromatic heterocycles. The molecule has 1 unspecified atom stereocenters. The summed E-state index contributed by atoms with van der Waals surface area (Å²) in [6.45, 7) is 1.80. The standard InChI is InChI=1S/C12H13FN2O/c1-2-12(16)15-11(7-8-14-15)9-3-5-10(13)6-4-9/h3-6,8,11H,2,7H2,1H3. The zero-order valence-corrected chi connectivity index (χ0v) is 9.06. The van der Waals surface area contributed by atoms with E-state index in [4.69, 9.17) is 0 Å². The van der Waals surface area contributed by atoms with E-state index in [1.54, 1.807) is 25.3 Å². The first kappa shape index (κ1) is 10.8. The molecule has 1 amide bonds. The quantitative estimate of drug-likeness (QED) is 0.753. The highest BCUT2D eigenvalue weighted by Gasteiger charge is 2.26. The van der Waals surface area contributed by atoms with E-state index in [1.807, 2.05) is 0 Å². The average molecular weight is 220 g/mol. The molecule has 1 aliphatic heterocycles. The van der Waals surface area contributed by atoms with Gasteiger partial charge in [-0.2, -0.15) is 5.10 Å². The van der Waals surface area contributed by atoms with Crippen molar-refractivity contribution in [2.24, 2.45) is 5.10 Å².